The van der Waals surface area contributed by atoms with E-state index in [0.29, 0.717) is 57.2 Å². The molecule has 11 heteroatoms. The van der Waals surface area contributed by atoms with Gasteiger partial charge in [0.25, 0.3) is 0 Å². The number of aliphatic hydroxyl groups is 2. The fraction of sp³-hybridized carbons (Fsp3) is 0.657. The quantitative estimate of drug-likeness (QED) is 0.189. The molecule has 5 N–H and O–H groups in total. The maximum Gasteiger partial charge on any atom is 0.243 e. The van der Waals surface area contributed by atoms with Crippen LogP contribution >= 0.6 is 0 Å². The minimum Gasteiger partial charge on any atom is -0.390 e. The third-order valence-electron chi connectivity index (χ3n) is 9.25. The fourth-order valence-corrected chi connectivity index (χ4v) is 6.66. The molecule has 4 rings (SSSR count). The zero-order valence-electron chi connectivity index (χ0n) is 27.4. The molecular formula is C35H53N5O6. The smallest absolute Gasteiger partial charge is 0.243 e. The molecule has 1 aliphatic heterocycles. The summed E-state index contributed by atoms with van der Waals surface area (Å²) in [6.45, 7) is 5.86. The van der Waals surface area contributed by atoms with Crippen molar-refractivity contribution in [3.63, 3.8) is 0 Å². The lowest BCUT2D eigenvalue weighted by molar-refractivity contribution is -0.140. The Kier molecular flexibility index (Phi) is 14.0. The average Bonchev–Trinajstić information content (AvgIpc) is 3.57. The summed E-state index contributed by atoms with van der Waals surface area (Å²) in [6, 6.07) is 7.88. The molecule has 0 spiro atoms. The van der Waals surface area contributed by atoms with Crippen molar-refractivity contribution in [1.29, 1.82) is 0 Å². The number of carbonyl (C=O) groups excluding carboxylic acids is 3. The Bertz CT molecular complexity index is 1200. The van der Waals surface area contributed by atoms with Crippen molar-refractivity contribution in [2.75, 3.05) is 26.3 Å². The lowest BCUT2D eigenvalue weighted by Crippen LogP contribution is -2.56. The number of H-pyrrole nitrogens is 1. The van der Waals surface area contributed by atoms with Crippen LogP contribution in [-0.2, 0) is 32.0 Å². The van der Waals surface area contributed by atoms with Gasteiger partial charge in [0.2, 0.25) is 17.7 Å². The van der Waals surface area contributed by atoms with Gasteiger partial charge in [-0.2, -0.15) is 0 Å². The van der Waals surface area contributed by atoms with Crippen molar-refractivity contribution in [2.45, 2.75) is 102 Å². The number of aromatic nitrogens is 2. The molecule has 0 bridgehead atoms. The molecule has 46 heavy (non-hydrogen) atoms. The first-order valence-corrected chi connectivity index (χ1v) is 17.0. The Labute approximate surface area is 272 Å². The van der Waals surface area contributed by atoms with Crippen LogP contribution in [0.1, 0.15) is 76.5 Å². The molecule has 1 aromatic carbocycles. The highest BCUT2D eigenvalue weighted by Gasteiger charge is 2.35. The maximum absolute atomic E-state index is 14.0. The van der Waals surface area contributed by atoms with Gasteiger partial charge in [-0.1, -0.05) is 76.3 Å². The summed E-state index contributed by atoms with van der Waals surface area (Å²) in [5.41, 5.74) is 1.58. The Morgan fingerprint density at radius 1 is 1.00 bits per heavy atom. The highest BCUT2D eigenvalue weighted by atomic mass is 16.5. The number of amides is 3. The van der Waals surface area contributed by atoms with Gasteiger partial charge in [0, 0.05) is 37.8 Å². The van der Waals surface area contributed by atoms with Gasteiger partial charge >= 0.3 is 0 Å². The Morgan fingerprint density at radius 3 is 2.37 bits per heavy atom. The standard InChI is InChI=1S/C35H53N5O6/c1-24(2)17-31(41)33(43)29(19-26-11-7-4-8-12-26)38-35(45)30(21-28-22-36-23-37-28)39-34(44)27(18-25-9-5-3-6-10-25)20-32(42)40-13-15-46-16-14-40/h3,5-6,9-10,22-24,26-27,29-31,33,41,43H,4,7-8,11-21H2,1-2H3,(H,36,37)(H,38,45)(H,39,44)/t27-,29+,30+,31+,33-/m1/s1. The largest absolute Gasteiger partial charge is 0.390 e. The number of imidazole rings is 1. The second-order valence-electron chi connectivity index (χ2n) is 13.5. The molecule has 5 atom stereocenters. The first kappa shape index (κ1) is 35.6. The lowest BCUT2D eigenvalue weighted by atomic mass is 9.82. The Morgan fingerprint density at radius 2 is 1.72 bits per heavy atom. The molecule has 2 heterocycles. The number of morpholine rings is 1. The molecule has 2 aromatic rings. The lowest BCUT2D eigenvalue weighted by Gasteiger charge is -2.34. The number of benzene rings is 1. The summed E-state index contributed by atoms with van der Waals surface area (Å²) < 4.78 is 5.40. The zero-order valence-corrected chi connectivity index (χ0v) is 27.4. The van der Waals surface area contributed by atoms with E-state index in [9.17, 15) is 24.6 Å². The Hall–Kier alpha value is -3.28. The molecule has 1 aromatic heterocycles. The van der Waals surface area contributed by atoms with Crippen molar-refractivity contribution in [1.82, 2.24) is 25.5 Å². The monoisotopic (exact) mass is 639 g/mol. The van der Waals surface area contributed by atoms with Crippen LogP contribution in [0.25, 0.3) is 0 Å². The SMILES string of the molecule is CC(C)C[C@H](O)[C@H](O)[C@H](CC1CCCCC1)NC(=O)[C@H](Cc1cnc[nH]1)NC(=O)[C@@H](CC(=O)N1CCOCC1)Cc1ccccc1. The fourth-order valence-electron chi connectivity index (χ4n) is 6.66. The molecule has 1 saturated carbocycles. The molecule has 2 aliphatic rings. The van der Waals surface area contributed by atoms with Gasteiger partial charge in [-0.25, -0.2) is 4.98 Å². The highest BCUT2D eigenvalue weighted by molar-refractivity contribution is 5.91. The summed E-state index contributed by atoms with van der Waals surface area (Å²) in [5, 5.41) is 28.1. The van der Waals surface area contributed by atoms with Crippen LogP contribution in [0.5, 0.6) is 0 Å². The summed E-state index contributed by atoms with van der Waals surface area (Å²) in [5.74, 6) is -1.16. The third kappa shape index (κ3) is 11.2. The van der Waals surface area contributed by atoms with Gasteiger partial charge in [-0.15, -0.1) is 0 Å². The molecule has 3 amide bonds. The number of carbonyl (C=O) groups is 3. The van der Waals surface area contributed by atoms with E-state index in [-0.39, 0.29) is 24.7 Å². The average molecular weight is 640 g/mol. The van der Waals surface area contributed by atoms with Gasteiger partial charge in [0.15, 0.2) is 0 Å². The summed E-state index contributed by atoms with van der Waals surface area (Å²) in [7, 11) is 0. The Balaban J connectivity index is 1.53. The first-order chi connectivity index (χ1) is 22.2. The number of nitrogens with one attached hydrogen (secondary N) is 3. The van der Waals surface area contributed by atoms with Gasteiger partial charge in [-0.3, -0.25) is 14.4 Å². The van der Waals surface area contributed by atoms with E-state index in [0.717, 1.165) is 31.2 Å². The number of hydrogen-bond acceptors (Lipinski definition) is 7. The summed E-state index contributed by atoms with van der Waals surface area (Å²) in [6.07, 6.45) is 7.89. The number of nitrogens with zero attached hydrogens (tertiary/aromatic N) is 2. The summed E-state index contributed by atoms with van der Waals surface area (Å²) >= 11 is 0. The second kappa shape index (κ2) is 18.2. The second-order valence-corrected chi connectivity index (χ2v) is 13.5. The molecule has 254 valence electrons. The van der Waals surface area contributed by atoms with Crippen molar-refractivity contribution in [3.8, 4) is 0 Å². The van der Waals surface area contributed by atoms with Crippen LogP contribution in [0.4, 0.5) is 0 Å². The molecule has 1 saturated heterocycles. The number of ether oxygens (including phenoxy) is 1. The molecule has 0 unspecified atom stereocenters. The highest BCUT2D eigenvalue weighted by Crippen LogP contribution is 2.29. The molecule has 11 nitrogen and oxygen atoms in total. The predicted octanol–water partition coefficient (Wildman–Crippen LogP) is 2.77. The van der Waals surface area contributed by atoms with Gasteiger partial charge in [0.05, 0.1) is 37.6 Å². The normalized spacial score (nSPS) is 19.2. The van der Waals surface area contributed by atoms with Crippen molar-refractivity contribution in [3.05, 3.63) is 54.1 Å². The van der Waals surface area contributed by atoms with E-state index >= 15 is 0 Å². The van der Waals surface area contributed by atoms with E-state index in [1.54, 1.807) is 11.1 Å². The third-order valence-corrected chi connectivity index (χ3v) is 9.25. The molecular weight excluding hydrogens is 586 g/mol. The predicted molar refractivity (Wildman–Crippen MR) is 174 cm³/mol. The van der Waals surface area contributed by atoms with E-state index in [1.165, 1.54) is 12.7 Å². The maximum atomic E-state index is 14.0. The van der Waals surface area contributed by atoms with Gasteiger partial charge in [-0.05, 0) is 36.7 Å². The van der Waals surface area contributed by atoms with Crippen LogP contribution in [0.15, 0.2) is 42.9 Å². The van der Waals surface area contributed by atoms with Crippen molar-refractivity contribution in [2.24, 2.45) is 17.8 Å². The van der Waals surface area contributed by atoms with E-state index in [4.69, 9.17) is 4.74 Å². The van der Waals surface area contributed by atoms with Crippen molar-refractivity contribution >= 4 is 17.7 Å². The summed E-state index contributed by atoms with van der Waals surface area (Å²) in [4.78, 5) is 50.1. The van der Waals surface area contributed by atoms with Gasteiger partial charge in [0.1, 0.15) is 12.1 Å². The topological polar surface area (TPSA) is 157 Å². The van der Waals surface area contributed by atoms with Crippen molar-refractivity contribution < 1.29 is 29.3 Å². The van der Waals surface area contributed by atoms with E-state index < -0.39 is 42.0 Å². The molecule has 0 radical (unpaired) electrons. The minimum atomic E-state index is -1.14. The molecule has 2 fully saturated rings. The number of hydrogen-bond donors (Lipinski definition) is 5. The first-order valence-electron chi connectivity index (χ1n) is 17.0. The van der Waals surface area contributed by atoms with E-state index in [1.807, 2.05) is 44.2 Å². The number of aliphatic hydroxyl groups excluding tert-OH is 2. The van der Waals surface area contributed by atoms with Crippen LogP contribution < -0.4 is 10.6 Å². The van der Waals surface area contributed by atoms with E-state index in [2.05, 4.69) is 20.6 Å². The van der Waals surface area contributed by atoms with Crippen LogP contribution in [0, 0.1) is 17.8 Å². The van der Waals surface area contributed by atoms with Crippen LogP contribution in [0.2, 0.25) is 0 Å². The van der Waals surface area contributed by atoms with Crippen LogP contribution in [-0.4, -0.2) is 93.4 Å². The van der Waals surface area contributed by atoms with Crippen LogP contribution in [0.3, 0.4) is 0 Å². The number of aromatic amines is 1. The van der Waals surface area contributed by atoms with Gasteiger partial charge < -0.3 is 35.5 Å². The minimum absolute atomic E-state index is 0.00351. The zero-order chi connectivity index (χ0) is 32.9. The molecule has 1 aliphatic carbocycles. The number of rotatable bonds is 16.